The van der Waals surface area contributed by atoms with Crippen molar-refractivity contribution in [3.63, 3.8) is 0 Å². The smallest absolute Gasteiger partial charge is 0.416 e. The molecule has 0 spiro atoms. The van der Waals surface area contributed by atoms with E-state index in [4.69, 9.17) is 16.7 Å². The van der Waals surface area contributed by atoms with Crippen LogP contribution in [0.25, 0.3) is 0 Å². The molecular formula is C14H8ClF4NO4S. The maximum Gasteiger partial charge on any atom is 0.416 e. The van der Waals surface area contributed by atoms with E-state index >= 15 is 0 Å². The van der Waals surface area contributed by atoms with Crippen molar-refractivity contribution in [1.82, 2.24) is 0 Å². The minimum atomic E-state index is -4.82. The van der Waals surface area contributed by atoms with Gasteiger partial charge < -0.3 is 5.11 Å². The van der Waals surface area contributed by atoms with Crippen molar-refractivity contribution in [3.8, 4) is 0 Å². The molecule has 0 atom stereocenters. The number of carbonyl (C=O) groups is 1. The Morgan fingerprint density at radius 1 is 1.12 bits per heavy atom. The molecule has 11 heteroatoms. The molecule has 0 aliphatic rings. The summed E-state index contributed by atoms with van der Waals surface area (Å²) in [6.45, 7) is 0. The van der Waals surface area contributed by atoms with E-state index in [-0.39, 0.29) is 0 Å². The first-order chi connectivity index (χ1) is 11.4. The van der Waals surface area contributed by atoms with Crippen molar-refractivity contribution in [2.45, 2.75) is 11.1 Å². The Bertz CT molecular complexity index is 944. The number of anilines is 1. The lowest BCUT2D eigenvalue weighted by molar-refractivity contribution is -0.137. The molecule has 2 rings (SSSR count). The van der Waals surface area contributed by atoms with Crippen LogP contribution >= 0.6 is 11.6 Å². The highest BCUT2D eigenvalue weighted by molar-refractivity contribution is 7.92. The average Bonchev–Trinajstić information content (AvgIpc) is 2.48. The van der Waals surface area contributed by atoms with Crippen LogP contribution in [-0.4, -0.2) is 19.5 Å². The summed E-state index contributed by atoms with van der Waals surface area (Å²) in [4.78, 5) is 9.94. The van der Waals surface area contributed by atoms with E-state index in [2.05, 4.69) is 0 Å². The fraction of sp³-hybridized carbons (Fsp3) is 0.0714. The molecule has 0 radical (unpaired) electrons. The van der Waals surface area contributed by atoms with Gasteiger partial charge in [-0.15, -0.1) is 0 Å². The lowest BCUT2D eigenvalue weighted by Gasteiger charge is -2.13. The molecule has 0 fully saturated rings. The van der Waals surface area contributed by atoms with Crippen LogP contribution in [0.2, 0.25) is 5.02 Å². The molecule has 0 amide bonds. The monoisotopic (exact) mass is 397 g/mol. The number of rotatable bonds is 4. The van der Waals surface area contributed by atoms with Crippen molar-refractivity contribution in [2.75, 3.05) is 4.72 Å². The maximum absolute atomic E-state index is 13.7. The molecule has 2 aromatic rings. The number of halogens is 5. The van der Waals surface area contributed by atoms with Crippen molar-refractivity contribution in [2.24, 2.45) is 0 Å². The van der Waals surface area contributed by atoms with Crippen LogP contribution in [0.3, 0.4) is 0 Å². The zero-order valence-corrected chi connectivity index (χ0v) is 13.5. The van der Waals surface area contributed by atoms with Crippen LogP contribution < -0.4 is 4.72 Å². The Hall–Kier alpha value is -2.33. The van der Waals surface area contributed by atoms with E-state index in [9.17, 15) is 30.8 Å². The van der Waals surface area contributed by atoms with Gasteiger partial charge in [-0.25, -0.2) is 17.6 Å². The van der Waals surface area contributed by atoms with Gasteiger partial charge in [-0.1, -0.05) is 11.6 Å². The normalized spacial score (nSPS) is 12.0. The van der Waals surface area contributed by atoms with E-state index in [1.54, 1.807) is 4.72 Å². The minimum Gasteiger partial charge on any atom is -0.478 e. The summed E-state index contributed by atoms with van der Waals surface area (Å²) in [5.74, 6) is -2.56. The first kappa shape index (κ1) is 19.0. The van der Waals surface area contributed by atoms with Crippen LogP contribution in [0, 0.1) is 5.82 Å². The highest BCUT2D eigenvalue weighted by Gasteiger charge is 2.33. The Labute approximate surface area is 143 Å². The average molecular weight is 398 g/mol. The molecule has 0 aliphatic carbocycles. The predicted octanol–water partition coefficient (Wildman–Crippen LogP) is 4.00. The first-order valence-electron chi connectivity index (χ1n) is 6.34. The summed E-state index contributed by atoms with van der Waals surface area (Å²) in [6.07, 6.45) is -4.82. The van der Waals surface area contributed by atoms with Crippen molar-refractivity contribution >= 4 is 33.3 Å². The van der Waals surface area contributed by atoms with E-state index in [0.29, 0.717) is 24.3 Å². The molecule has 25 heavy (non-hydrogen) atoms. The molecule has 0 aromatic heterocycles. The van der Waals surface area contributed by atoms with Crippen molar-refractivity contribution in [1.29, 1.82) is 0 Å². The second-order valence-corrected chi connectivity index (χ2v) is 6.81. The summed E-state index contributed by atoms with van der Waals surface area (Å²) in [5.41, 5.74) is -2.43. The van der Waals surface area contributed by atoms with Gasteiger partial charge in [0.25, 0.3) is 10.0 Å². The van der Waals surface area contributed by atoms with Crippen molar-refractivity contribution < 1.29 is 35.9 Å². The molecule has 0 saturated carbocycles. The second-order valence-electron chi connectivity index (χ2n) is 4.75. The summed E-state index contributed by atoms with van der Waals surface area (Å²) >= 11 is 5.64. The molecule has 0 aliphatic heterocycles. The van der Waals surface area contributed by atoms with Gasteiger partial charge in [0.15, 0.2) is 0 Å². The summed E-state index contributed by atoms with van der Waals surface area (Å²) in [7, 11) is -4.71. The molecule has 0 unspecified atom stereocenters. The Morgan fingerprint density at radius 2 is 1.76 bits per heavy atom. The van der Waals surface area contributed by atoms with Gasteiger partial charge in [0.05, 0.1) is 21.8 Å². The number of hydrogen-bond acceptors (Lipinski definition) is 3. The Kier molecular flexibility index (Phi) is 4.96. The summed E-state index contributed by atoms with van der Waals surface area (Å²) in [6, 6.07) is 3.91. The third kappa shape index (κ3) is 4.20. The zero-order chi connectivity index (χ0) is 19.0. The van der Waals surface area contributed by atoms with E-state index in [0.717, 1.165) is 12.1 Å². The highest BCUT2D eigenvalue weighted by atomic mass is 35.5. The van der Waals surface area contributed by atoms with E-state index < -0.39 is 54.7 Å². The number of benzene rings is 2. The van der Waals surface area contributed by atoms with Gasteiger partial charge in [-0.05, 0) is 36.4 Å². The largest absolute Gasteiger partial charge is 0.478 e. The molecule has 0 heterocycles. The molecule has 0 saturated heterocycles. The fourth-order valence-electron chi connectivity index (χ4n) is 1.82. The third-order valence-electron chi connectivity index (χ3n) is 3.01. The number of nitrogens with one attached hydrogen (secondary N) is 1. The number of sulfonamides is 1. The van der Waals surface area contributed by atoms with Crippen LogP contribution in [0.4, 0.5) is 23.2 Å². The van der Waals surface area contributed by atoms with E-state index in [1.807, 2.05) is 0 Å². The number of aromatic carboxylic acids is 1. The quantitative estimate of drug-likeness (QED) is 0.764. The van der Waals surface area contributed by atoms with Crippen LogP contribution in [-0.2, 0) is 16.2 Å². The lowest BCUT2D eigenvalue weighted by Crippen LogP contribution is -2.16. The first-order valence-corrected chi connectivity index (χ1v) is 8.20. The van der Waals surface area contributed by atoms with Crippen LogP contribution in [0.5, 0.6) is 0 Å². The zero-order valence-electron chi connectivity index (χ0n) is 11.9. The molecule has 2 N–H and O–H groups in total. The number of carboxylic acids is 1. The van der Waals surface area contributed by atoms with Crippen molar-refractivity contribution in [3.05, 3.63) is 58.4 Å². The predicted molar refractivity (Wildman–Crippen MR) is 80.6 cm³/mol. The second kappa shape index (κ2) is 6.52. The van der Waals surface area contributed by atoms with Gasteiger partial charge in [-0.2, -0.15) is 13.2 Å². The third-order valence-corrected chi connectivity index (χ3v) is 4.85. The van der Waals surface area contributed by atoms with Gasteiger partial charge >= 0.3 is 12.1 Å². The number of alkyl halides is 3. The Morgan fingerprint density at radius 3 is 2.32 bits per heavy atom. The number of carboxylic acid groups (broad SMARTS) is 1. The summed E-state index contributed by atoms with van der Waals surface area (Å²) < 4.78 is 78.1. The van der Waals surface area contributed by atoms with E-state index in [1.165, 1.54) is 0 Å². The molecule has 134 valence electrons. The van der Waals surface area contributed by atoms with Gasteiger partial charge in [0, 0.05) is 0 Å². The SMILES string of the molecule is O=C(O)c1ccc(F)c(NS(=O)(=O)c2cc(C(F)(F)F)ccc2Cl)c1. The van der Waals surface area contributed by atoms with Gasteiger partial charge in [0.2, 0.25) is 0 Å². The standard InChI is InChI=1S/C14H8ClF4NO4S/c15-9-3-2-8(14(17,18)19)6-12(9)25(23,24)20-11-5-7(13(21)22)1-4-10(11)16/h1-6,20H,(H,21,22). The van der Waals surface area contributed by atoms with Crippen LogP contribution in [0.15, 0.2) is 41.3 Å². The fourth-order valence-corrected chi connectivity index (χ4v) is 3.41. The lowest BCUT2D eigenvalue weighted by atomic mass is 10.2. The van der Waals surface area contributed by atoms with Gasteiger partial charge in [0.1, 0.15) is 10.7 Å². The number of hydrogen-bond donors (Lipinski definition) is 2. The highest BCUT2D eigenvalue weighted by Crippen LogP contribution is 2.34. The summed E-state index contributed by atoms with van der Waals surface area (Å²) in [5, 5.41) is 8.32. The van der Waals surface area contributed by atoms with Gasteiger partial charge in [-0.3, -0.25) is 4.72 Å². The minimum absolute atomic E-state index is 0.295. The van der Waals surface area contributed by atoms with Crippen LogP contribution in [0.1, 0.15) is 15.9 Å². The Balaban J connectivity index is 2.51. The molecule has 2 aromatic carbocycles. The maximum atomic E-state index is 13.7. The topological polar surface area (TPSA) is 83.5 Å². The molecular weight excluding hydrogens is 390 g/mol. The molecule has 5 nitrogen and oxygen atoms in total. The molecule has 0 bridgehead atoms.